The number of sulfonamides is 1. The minimum Gasteiger partial charge on any atom is -0.379 e. The number of benzene rings is 2. The first-order chi connectivity index (χ1) is 13.3. The molecule has 0 atom stereocenters. The van der Waals surface area contributed by atoms with Crippen molar-refractivity contribution in [1.29, 1.82) is 0 Å². The summed E-state index contributed by atoms with van der Waals surface area (Å²) >= 11 is 3.34. The average Bonchev–Trinajstić information content (AvgIpc) is 2.67. The molecule has 0 spiro atoms. The lowest BCUT2D eigenvalue weighted by molar-refractivity contribution is -0.119. The van der Waals surface area contributed by atoms with E-state index in [1.54, 1.807) is 42.5 Å². The number of carbonyl (C=O) groups is 1. The Morgan fingerprint density at radius 2 is 1.75 bits per heavy atom. The van der Waals surface area contributed by atoms with Crippen LogP contribution in [0.5, 0.6) is 0 Å². The van der Waals surface area contributed by atoms with Crippen molar-refractivity contribution in [2.24, 2.45) is 0 Å². The molecule has 0 fully saturated rings. The fourth-order valence-corrected chi connectivity index (χ4v) is 4.15. The molecule has 0 aliphatic heterocycles. The molecule has 0 aliphatic carbocycles. The van der Waals surface area contributed by atoms with E-state index in [4.69, 9.17) is 4.74 Å². The Morgan fingerprint density at radius 3 is 2.36 bits per heavy atom. The first-order valence-corrected chi connectivity index (χ1v) is 11.3. The first kappa shape index (κ1) is 22.4. The van der Waals surface area contributed by atoms with E-state index in [1.807, 2.05) is 13.8 Å². The van der Waals surface area contributed by atoms with E-state index in [2.05, 4.69) is 21.2 Å². The Balaban J connectivity index is 2.13. The molecular formula is C20H25BrN2O4S. The summed E-state index contributed by atoms with van der Waals surface area (Å²) in [5.41, 5.74) is 0.422. The smallest absolute Gasteiger partial charge is 0.264 e. The second-order valence-corrected chi connectivity index (χ2v) is 9.20. The topological polar surface area (TPSA) is 75.7 Å². The van der Waals surface area contributed by atoms with Crippen LogP contribution in [-0.2, 0) is 19.6 Å². The summed E-state index contributed by atoms with van der Waals surface area (Å²) in [6, 6.07) is 14.9. The maximum absolute atomic E-state index is 13.1. The molecule has 2 rings (SSSR count). The molecule has 0 aliphatic rings. The van der Waals surface area contributed by atoms with Crippen molar-refractivity contribution >= 4 is 37.5 Å². The highest BCUT2D eigenvalue weighted by atomic mass is 79.9. The number of hydrogen-bond acceptors (Lipinski definition) is 4. The summed E-state index contributed by atoms with van der Waals surface area (Å²) in [5.74, 6) is -0.369. The standard InChI is InChI=1S/C20H25BrN2O4S/c1-16(2)27-14-6-13-22-20(24)15-23(18-11-9-17(21)10-12-18)28(25,26)19-7-4-3-5-8-19/h3-5,7-12,16H,6,13-15H2,1-2H3,(H,22,24). The van der Waals surface area contributed by atoms with E-state index in [-0.39, 0.29) is 23.5 Å². The Bertz CT molecular complexity index is 856. The zero-order valence-corrected chi connectivity index (χ0v) is 18.4. The van der Waals surface area contributed by atoms with Crippen LogP contribution in [0.25, 0.3) is 0 Å². The van der Waals surface area contributed by atoms with E-state index in [0.29, 0.717) is 25.3 Å². The number of nitrogens with one attached hydrogen (secondary N) is 1. The van der Waals surface area contributed by atoms with Crippen LogP contribution in [0.15, 0.2) is 64.0 Å². The van der Waals surface area contributed by atoms with Crippen molar-refractivity contribution in [3.05, 3.63) is 59.1 Å². The Kier molecular flexibility index (Phi) is 8.47. The lowest BCUT2D eigenvalue weighted by atomic mass is 10.3. The van der Waals surface area contributed by atoms with Gasteiger partial charge in [-0.1, -0.05) is 34.1 Å². The van der Waals surface area contributed by atoms with Gasteiger partial charge >= 0.3 is 0 Å². The lowest BCUT2D eigenvalue weighted by Crippen LogP contribution is -2.41. The van der Waals surface area contributed by atoms with Crippen LogP contribution in [0, 0.1) is 0 Å². The molecule has 8 heteroatoms. The maximum Gasteiger partial charge on any atom is 0.264 e. The molecule has 1 N–H and O–H groups in total. The molecule has 28 heavy (non-hydrogen) atoms. The molecule has 6 nitrogen and oxygen atoms in total. The van der Waals surface area contributed by atoms with Crippen LogP contribution in [-0.4, -0.2) is 40.1 Å². The zero-order valence-electron chi connectivity index (χ0n) is 16.0. The third kappa shape index (κ3) is 6.61. The first-order valence-electron chi connectivity index (χ1n) is 9.02. The van der Waals surface area contributed by atoms with Crippen molar-refractivity contribution in [3.8, 4) is 0 Å². The van der Waals surface area contributed by atoms with Crippen molar-refractivity contribution in [2.75, 3.05) is 24.0 Å². The highest BCUT2D eigenvalue weighted by Gasteiger charge is 2.26. The summed E-state index contributed by atoms with van der Waals surface area (Å²) in [5, 5.41) is 2.76. The molecule has 0 unspecified atom stereocenters. The third-order valence-electron chi connectivity index (χ3n) is 3.83. The van der Waals surface area contributed by atoms with E-state index in [9.17, 15) is 13.2 Å². The Morgan fingerprint density at radius 1 is 1.11 bits per heavy atom. The average molecular weight is 469 g/mol. The second kappa shape index (κ2) is 10.6. The largest absolute Gasteiger partial charge is 0.379 e. The number of amides is 1. The Hall–Kier alpha value is -1.90. The van der Waals surface area contributed by atoms with Gasteiger partial charge in [-0.25, -0.2) is 8.42 Å². The van der Waals surface area contributed by atoms with Crippen molar-refractivity contribution in [2.45, 2.75) is 31.3 Å². The van der Waals surface area contributed by atoms with Gasteiger partial charge in [0.25, 0.3) is 10.0 Å². The van der Waals surface area contributed by atoms with Crippen LogP contribution < -0.4 is 9.62 Å². The minimum atomic E-state index is -3.88. The number of halogens is 1. The van der Waals surface area contributed by atoms with Crippen LogP contribution in [0.4, 0.5) is 5.69 Å². The van der Waals surface area contributed by atoms with Crippen LogP contribution in [0.3, 0.4) is 0 Å². The third-order valence-corrected chi connectivity index (χ3v) is 6.14. The number of carbonyl (C=O) groups excluding carboxylic acids is 1. The van der Waals surface area contributed by atoms with Gasteiger partial charge in [-0.3, -0.25) is 9.10 Å². The van der Waals surface area contributed by atoms with Gasteiger partial charge in [0, 0.05) is 17.6 Å². The summed E-state index contributed by atoms with van der Waals surface area (Å²) in [7, 11) is -3.88. The minimum absolute atomic E-state index is 0.135. The van der Waals surface area contributed by atoms with Crippen molar-refractivity contribution in [3.63, 3.8) is 0 Å². The summed E-state index contributed by atoms with van der Waals surface area (Å²) in [6.45, 7) is 4.55. The van der Waals surface area contributed by atoms with Crippen LogP contribution in [0.1, 0.15) is 20.3 Å². The van der Waals surface area contributed by atoms with Gasteiger partial charge in [-0.2, -0.15) is 0 Å². The highest BCUT2D eigenvalue weighted by Crippen LogP contribution is 2.25. The number of ether oxygens (including phenoxy) is 1. The molecule has 0 saturated heterocycles. The second-order valence-electron chi connectivity index (χ2n) is 6.42. The van der Waals surface area contributed by atoms with Gasteiger partial charge in [0.05, 0.1) is 16.7 Å². The molecule has 1 amide bonds. The van der Waals surface area contributed by atoms with E-state index in [0.717, 1.165) is 8.78 Å². The van der Waals surface area contributed by atoms with E-state index in [1.165, 1.54) is 12.1 Å². The van der Waals surface area contributed by atoms with Crippen LogP contribution >= 0.6 is 15.9 Å². The molecule has 0 saturated carbocycles. The number of rotatable bonds is 10. The van der Waals surface area contributed by atoms with Gasteiger partial charge in [0.15, 0.2) is 0 Å². The van der Waals surface area contributed by atoms with Crippen molar-refractivity contribution < 1.29 is 17.9 Å². The predicted octanol–water partition coefficient (Wildman–Crippen LogP) is 3.58. The number of hydrogen-bond donors (Lipinski definition) is 1. The fraction of sp³-hybridized carbons (Fsp3) is 0.350. The summed E-state index contributed by atoms with van der Waals surface area (Å²) in [6.07, 6.45) is 0.799. The zero-order chi connectivity index (χ0) is 20.6. The van der Waals surface area contributed by atoms with Gasteiger partial charge in [0.1, 0.15) is 6.54 Å². The van der Waals surface area contributed by atoms with Gasteiger partial charge in [-0.05, 0) is 56.7 Å². The summed E-state index contributed by atoms with van der Waals surface area (Å²) in [4.78, 5) is 12.5. The van der Waals surface area contributed by atoms with Crippen molar-refractivity contribution in [1.82, 2.24) is 5.32 Å². The molecule has 152 valence electrons. The predicted molar refractivity (Wildman–Crippen MR) is 114 cm³/mol. The quantitative estimate of drug-likeness (QED) is 0.540. The fourth-order valence-electron chi connectivity index (χ4n) is 2.45. The molecule has 2 aromatic carbocycles. The normalized spacial score (nSPS) is 11.4. The SMILES string of the molecule is CC(C)OCCCNC(=O)CN(c1ccc(Br)cc1)S(=O)(=O)c1ccccc1. The number of anilines is 1. The van der Waals surface area contributed by atoms with Gasteiger partial charge in [0.2, 0.25) is 5.91 Å². The maximum atomic E-state index is 13.1. The molecule has 0 aromatic heterocycles. The molecular weight excluding hydrogens is 444 g/mol. The molecule has 0 heterocycles. The lowest BCUT2D eigenvalue weighted by Gasteiger charge is -2.24. The van der Waals surface area contributed by atoms with Crippen LogP contribution in [0.2, 0.25) is 0 Å². The van der Waals surface area contributed by atoms with Gasteiger partial charge < -0.3 is 10.1 Å². The van der Waals surface area contributed by atoms with E-state index < -0.39 is 10.0 Å². The monoisotopic (exact) mass is 468 g/mol. The molecule has 2 aromatic rings. The highest BCUT2D eigenvalue weighted by molar-refractivity contribution is 9.10. The van der Waals surface area contributed by atoms with E-state index >= 15 is 0 Å². The molecule has 0 radical (unpaired) electrons. The molecule has 0 bridgehead atoms. The Labute approximate surface area is 175 Å². The summed E-state index contributed by atoms with van der Waals surface area (Å²) < 4.78 is 33.6. The van der Waals surface area contributed by atoms with Gasteiger partial charge in [-0.15, -0.1) is 0 Å². The number of nitrogens with zero attached hydrogens (tertiary/aromatic N) is 1.